The largest absolute Gasteiger partial charge is 0.333 e. The molecule has 1 aliphatic heterocycles. The van der Waals surface area contributed by atoms with E-state index < -0.39 is 0 Å². The molecule has 78 valence electrons. The molecule has 0 spiro atoms. The highest BCUT2D eigenvalue weighted by Gasteiger charge is 2.35. The average Bonchev–Trinajstić information content (AvgIpc) is 2.49. The van der Waals surface area contributed by atoms with Crippen molar-refractivity contribution in [3.63, 3.8) is 0 Å². The minimum atomic E-state index is 0.525. The molecule has 2 rings (SSSR count). The number of nitrogens with zero attached hydrogens (tertiary/aromatic N) is 2. The maximum absolute atomic E-state index is 4.21. The molecule has 1 aromatic rings. The molecule has 1 aliphatic rings. The molecule has 1 N–H and O–H groups in total. The summed E-state index contributed by atoms with van der Waals surface area (Å²) >= 11 is 0. The van der Waals surface area contributed by atoms with Gasteiger partial charge < -0.3 is 9.88 Å². The first kappa shape index (κ1) is 9.71. The number of aryl methyl sites for hydroxylation is 1. The summed E-state index contributed by atoms with van der Waals surface area (Å²) in [5.74, 6) is 1.53. The second kappa shape index (κ2) is 3.73. The third-order valence-corrected chi connectivity index (χ3v) is 3.26. The third kappa shape index (κ3) is 1.46. The fourth-order valence-electron chi connectivity index (χ4n) is 2.17. The van der Waals surface area contributed by atoms with Crippen molar-refractivity contribution < 1.29 is 0 Å². The number of aromatic nitrogens is 2. The van der Waals surface area contributed by atoms with Crippen LogP contribution in [0.4, 0.5) is 0 Å². The first-order valence-corrected chi connectivity index (χ1v) is 5.47. The van der Waals surface area contributed by atoms with Crippen molar-refractivity contribution in [2.24, 2.45) is 11.8 Å². The zero-order valence-corrected chi connectivity index (χ0v) is 9.20. The van der Waals surface area contributed by atoms with Crippen LogP contribution in [0, 0.1) is 11.8 Å². The zero-order chi connectivity index (χ0) is 10.1. The van der Waals surface area contributed by atoms with Gasteiger partial charge in [0.1, 0.15) is 0 Å². The Bertz CT molecular complexity index is 303. The molecule has 3 nitrogen and oxygen atoms in total. The molecule has 0 aliphatic carbocycles. The summed E-state index contributed by atoms with van der Waals surface area (Å²) in [6, 6.07) is 0.525. The fourth-order valence-corrected chi connectivity index (χ4v) is 2.17. The Morgan fingerprint density at radius 3 is 2.93 bits per heavy atom. The van der Waals surface area contributed by atoms with Gasteiger partial charge in [-0.25, -0.2) is 4.98 Å². The van der Waals surface area contributed by atoms with Crippen molar-refractivity contribution in [3.8, 4) is 0 Å². The second-order valence-corrected chi connectivity index (χ2v) is 4.40. The van der Waals surface area contributed by atoms with Crippen molar-refractivity contribution in [3.05, 3.63) is 18.2 Å². The van der Waals surface area contributed by atoms with Crippen molar-refractivity contribution in [2.75, 3.05) is 6.54 Å². The molecule has 1 aromatic heterocycles. The Hall–Kier alpha value is -0.830. The van der Waals surface area contributed by atoms with E-state index >= 15 is 0 Å². The highest BCUT2D eigenvalue weighted by Crippen LogP contribution is 2.34. The smallest absolute Gasteiger partial charge is 0.0948 e. The Balaban J connectivity index is 2.15. The number of rotatable bonds is 3. The first-order valence-electron chi connectivity index (χ1n) is 5.47. The van der Waals surface area contributed by atoms with Gasteiger partial charge in [0.2, 0.25) is 0 Å². The molecule has 2 atom stereocenters. The molecule has 2 heterocycles. The van der Waals surface area contributed by atoms with Crippen molar-refractivity contribution in [1.82, 2.24) is 14.9 Å². The van der Waals surface area contributed by atoms with Gasteiger partial charge >= 0.3 is 0 Å². The summed E-state index contributed by atoms with van der Waals surface area (Å²) in [6.07, 6.45) is 3.92. The van der Waals surface area contributed by atoms with Crippen LogP contribution in [0.25, 0.3) is 0 Å². The zero-order valence-electron chi connectivity index (χ0n) is 9.20. The monoisotopic (exact) mass is 193 g/mol. The predicted octanol–water partition coefficient (Wildman–Crippen LogP) is 1.82. The molecule has 1 fully saturated rings. The average molecular weight is 193 g/mol. The van der Waals surface area contributed by atoms with Gasteiger partial charge in [0.15, 0.2) is 0 Å². The van der Waals surface area contributed by atoms with Gasteiger partial charge in [0, 0.05) is 19.3 Å². The number of nitrogens with one attached hydrogen (secondary N) is 1. The molecule has 3 heteroatoms. The van der Waals surface area contributed by atoms with Gasteiger partial charge in [-0.2, -0.15) is 0 Å². The molecule has 0 amide bonds. The molecule has 14 heavy (non-hydrogen) atoms. The van der Waals surface area contributed by atoms with E-state index in [2.05, 4.69) is 35.6 Å². The van der Waals surface area contributed by atoms with E-state index in [0.29, 0.717) is 6.04 Å². The predicted molar refractivity (Wildman–Crippen MR) is 57.0 cm³/mol. The minimum absolute atomic E-state index is 0.525. The minimum Gasteiger partial charge on any atom is -0.333 e. The van der Waals surface area contributed by atoms with E-state index in [1.807, 2.05) is 12.5 Å². The third-order valence-electron chi connectivity index (χ3n) is 3.26. The van der Waals surface area contributed by atoms with Crippen molar-refractivity contribution in [1.29, 1.82) is 0 Å². The standard InChI is InChI=1S/C11H19N3/c1-4-14-7-12-6-10(14)11-9(5-13-11)8(2)3/h6-9,11,13H,4-5H2,1-3H3. The Kier molecular flexibility index (Phi) is 2.59. The highest BCUT2D eigenvalue weighted by atomic mass is 15.1. The van der Waals surface area contributed by atoms with Gasteiger partial charge in [-0.15, -0.1) is 0 Å². The van der Waals surface area contributed by atoms with E-state index in [1.165, 1.54) is 5.69 Å². The lowest BCUT2D eigenvalue weighted by atomic mass is 9.80. The Labute approximate surface area is 85.5 Å². The number of hydrogen-bond donors (Lipinski definition) is 1. The Morgan fingerprint density at radius 2 is 2.43 bits per heavy atom. The van der Waals surface area contributed by atoms with Crippen LogP contribution in [-0.2, 0) is 6.54 Å². The molecule has 1 saturated heterocycles. The highest BCUT2D eigenvalue weighted by molar-refractivity contribution is 5.12. The van der Waals surface area contributed by atoms with Crippen LogP contribution in [0.3, 0.4) is 0 Å². The molecule has 2 unspecified atom stereocenters. The van der Waals surface area contributed by atoms with Crippen LogP contribution in [0.5, 0.6) is 0 Å². The number of imidazole rings is 1. The van der Waals surface area contributed by atoms with Crippen LogP contribution in [0.1, 0.15) is 32.5 Å². The molecular weight excluding hydrogens is 174 g/mol. The summed E-state index contributed by atoms with van der Waals surface area (Å²) in [4.78, 5) is 4.21. The Morgan fingerprint density at radius 1 is 1.64 bits per heavy atom. The lowest BCUT2D eigenvalue weighted by molar-refractivity contribution is 0.167. The first-order chi connectivity index (χ1) is 6.74. The SMILES string of the molecule is CCn1cncc1C1NCC1C(C)C. The van der Waals surface area contributed by atoms with Crippen molar-refractivity contribution in [2.45, 2.75) is 33.4 Å². The summed E-state index contributed by atoms with van der Waals surface area (Å²) in [6.45, 7) is 8.92. The van der Waals surface area contributed by atoms with Gasteiger partial charge in [0.25, 0.3) is 0 Å². The van der Waals surface area contributed by atoms with Crippen LogP contribution in [-0.4, -0.2) is 16.1 Å². The summed E-state index contributed by atoms with van der Waals surface area (Å²) in [7, 11) is 0. The van der Waals surface area contributed by atoms with E-state index in [0.717, 1.165) is 24.9 Å². The van der Waals surface area contributed by atoms with E-state index in [1.54, 1.807) is 0 Å². The van der Waals surface area contributed by atoms with Crippen LogP contribution >= 0.6 is 0 Å². The quantitative estimate of drug-likeness (QED) is 0.793. The van der Waals surface area contributed by atoms with Gasteiger partial charge in [-0.05, 0) is 18.8 Å². The lowest BCUT2D eigenvalue weighted by Gasteiger charge is -2.41. The fraction of sp³-hybridized carbons (Fsp3) is 0.727. The van der Waals surface area contributed by atoms with E-state index in [9.17, 15) is 0 Å². The topological polar surface area (TPSA) is 29.9 Å². The summed E-state index contributed by atoms with van der Waals surface area (Å²) in [5, 5.41) is 3.49. The van der Waals surface area contributed by atoms with Crippen LogP contribution in [0.15, 0.2) is 12.5 Å². The maximum Gasteiger partial charge on any atom is 0.0948 e. The normalized spacial score (nSPS) is 26.6. The summed E-state index contributed by atoms with van der Waals surface area (Å²) < 4.78 is 2.23. The van der Waals surface area contributed by atoms with Gasteiger partial charge in [-0.3, -0.25) is 0 Å². The maximum atomic E-state index is 4.21. The van der Waals surface area contributed by atoms with Gasteiger partial charge in [-0.1, -0.05) is 13.8 Å². The lowest BCUT2D eigenvalue weighted by Crippen LogP contribution is -2.48. The molecule has 0 aromatic carbocycles. The van der Waals surface area contributed by atoms with Crippen LogP contribution < -0.4 is 5.32 Å². The molecule has 0 bridgehead atoms. The number of hydrogen-bond acceptors (Lipinski definition) is 2. The summed E-state index contributed by atoms with van der Waals surface area (Å²) in [5.41, 5.74) is 1.34. The van der Waals surface area contributed by atoms with E-state index in [-0.39, 0.29) is 0 Å². The van der Waals surface area contributed by atoms with Crippen LogP contribution in [0.2, 0.25) is 0 Å². The van der Waals surface area contributed by atoms with Gasteiger partial charge in [0.05, 0.1) is 18.1 Å². The molecule has 0 radical (unpaired) electrons. The molecular formula is C11H19N3. The van der Waals surface area contributed by atoms with E-state index in [4.69, 9.17) is 0 Å². The molecule has 0 saturated carbocycles. The second-order valence-electron chi connectivity index (χ2n) is 4.40. The van der Waals surface area contributed by atoms with Crippen molar-refractivity contribution >= 4 is 0 Å².